The molecule has 7 nitrogen and oxygen atoms in total. The number of sulfonamides is 2. The molecule has 0 amide bonds. The molecule has 0 spiro atoms. The summed E-state index contributed by atoms with van der Waals surface area (Å²) >= 11 is 0. The Hall–Kier alpha value is -1.00. The van der Waals surface area contributed by atoms with E-state index in [-0.39, 0.29) is 15.8 Å². The normalized spacial score (nSPS) is 21.3. The molecule has 1 aliphatic heterocycles. The molecular weight excluding hydrogens is 374 g/mol. The van der Waals surface area contributed by atoms with Crippen molar-refractivity contribution in [1.29, 1.82) is 0 Å². The molecule has 0 aromatic heterocycles. The van der Waals surface area contributed by atoms with Gasteiger partial charge in [0.1, 0.15) is 0 Å². The minimum atomic E-state index is -3.60. The molecule has 1 aliphatic carbocycles. The number of quaternary nitrogens is 1. The fraction of sp³-hybridized carbons (Fsp3) is 0.647. The van der Waals surface area contributed by atoms with E-state index in [2.05, 4.69) is 11.6 Å². The van der Waals surface area contributed by atoms with Gasteiger partial charge in [0.25, 0.3) is 0 Å². The second-order valence-electron chi connectivity index (χ2n) is 7.08. The monoisotopic (exact) mass is 402 g/mol. The summed E-state index contributed by atoms with van der Waals surface area (Å²) < 4.78 is 54.6. The van der Waals surface area contributed by atoms with E-state index in [1.165, 1.54) is 33.5 Å². The van der Waals surface area contributed by atoms with Gasteiger partial charge in [-0.25, -0.2) is 21.6 Å². The molecule has 2 N–H and O–H groups in total. The van der Waals surface area contributed by atoms with Crippen LogP contribution in [0, 0.1) is 0 Å². The molecule has 3 rings (SSSR count). The molecule has 0 bridgehead atoms. The zero-order chi connectivity index (χ0) is 18.8. The van der Waals surface area contributed by atoms with Gasteiger partial charge < -0.3 is 4.90 Å². The Morgan fingerprint density at radius 1 is 1.00 bits per heavy atom. The Bertz CT molecular complexity index is 808. The van der Waals surface area contributed by atoms with E-state index >= 15 is 0 Å². The topological polar surface area (TPSA) is 88.0 Å². The molecule has 9 heteroatoms. The maximum Gasteiger partial charge on any atom is 0.243 e. The molecule has 1 heterocycles. The Morgan fingerprint density at radius 2 is 1.54 bits per heavy atom. The Kier molecular flexibility index (Phi) is 6.03. The van der Waals surface area contributed by atoms with Crippen molar-refractivity contribution in [3.8, 4) is 0 Å². The van der Waals surface area contributed by atoms with Gasteiger partial charge in [-0.3, -0.25) is 0 Å². The van der Waals surface area contributed by atoms with E-state index in [9.17, 15) is 16.8 Å². The number of nitrogens with zero attached hydrogens (tertiary/aromatic N) is 1. The summed E-state index contributed by atoms with van der Waals surface area (Å²) in [6, 6.07) is 5.56. The first kappa shape index (κ1) is 19.8. The van der Waals surface area contributed by atoms with Crippen LogP contribution in [0.3, 0.4) is 0 Å². The standard InChI is InChI=1S/C17H27N3O4S2/c1-2-19-11-13-20(14-12-19)26(23,24)17-9-7-16(8-10-17)25(21,22)18-15-5-3-4-6-15/h7-10,15,18H,2-6,11-14H2,1H3/p+1. The van der Waals surface area contributed by atoms with Gasteiger partial charge >= 0.3 is 0 Å². The van der Waals surface area contributed by atoms with Crippen LogP contribution in [0.15, 0.2) is 34.1 Å². The lowest BCUT2D eigenvalue weighted by atomic mass is 10.3. The summed E-state index contributed by atoms with van der Waals surface area (Å²) in [7, 11) is -7.18. The molecule has 26 heavy (non-hydrogen) atoms. The van der Waals surface area contributed by atoms with E-state index in [1.807, 2.05) is 0 Å². The van der Waals surface area contributed by atoms with Gasteiger partial charge in [-0.15, -0.1) is 0 Å². The lowest BCUT2D eigenvalue weighted by molar-refractivity contribution is -0.901. The number of hydrogen-bond acceptors (Lipinski definition) is 4. The Labute approximate surface area is 156 Å². The van der Waals surface area contributed by atoms with Crippen LogP contribution in [0.25, 0.3) is 0 Å². The van der Waals surface area contributed by atoms with Gasteiger partial charge in [0.2, 0.25) is 20.0 Å². The number of rotatable bonds is 6. The molecule has 1 aromatic rings. The van der Waals surface area contributed by atoms with Crippen molar-refractivity contribution in [2.75, 3.05) is 32.7 Å². The van der Waals surface area contributed by atoms with Crippen molar-refractivity contribution in [3.63, 3.8) is 0 Å². The van der Waals surface area contributed by atoms with Crippen LogP contribution in [-0.4, -0.2) is 59.9 Å². The van der Waals surface area contributed by atoms with Crippen LogP contribution in [0.4, 0.5) is 0 Å². The summed E-state index contributed by atoms with van der Waals surface area (Å²) in [5, 5.41) is 0. The smallest absolute Gasteiger partial charge is 0.243 e. The van der Waals surface area contributed by atoms with Gasteiger partial charge in [0.15, 0.2) is 0 Å². The van der Waals surface area contributed by atoms with E-state index in [0.717, 1.165) is 45.3 Å². The molecule has 1 saturated heterocycles. The quantitative estimate of drug-likeness (QED) is 0.691. The van der Waals surface area contributed by atoms with Crippen molar-refractivity contribution >= 4 is 20.0 Å². The number of benzene rings is 1. The highest BCUT2D eigenvalue weighted by Crippen LogP contribution is 2.22. The second-order valence-corrected chi connectivity index (χ2v) is 10.7. The number of piperazine rings is 1. The maximum absolute atomic E-state index is 12.8. The zero-order valence-electron chi connectivity index (χ0n) is 15.1. The van der Waals surface area contributed by atoms with Crippen LogP contribution in [-0.2, 0) is 20.0 Å². The van der Waals surface area contributed by atoms with Crippen molar-refractivity contribution in [1.82, 2.24) is 9.03 Å². The SMILES string of the molecule is CC[NH+]1CCN(S(=O)(=O)c2ccc(S(=O)(=O)NC3CCCC3)cc2)CC1. The largest absolute Gasteiger partial charge is 0.333 e. The summed E-state index contributed by atoms with van der Waals surface area (Å²) in [4.78, 5) is 1.66. The molecule has 0 atom stereocenters. The van der Waals surface area contributed by atoms with E-state index < -0.39 is 20.0 Å². The number of likely N-dealkylation sites (N-methyl/N-ethyl adjacent to an activating group) is 1. The lowest BCUT2D eigenvalue weighted by Gasteiger charge is -2.30. The van der Waals surface area contributed by atoms with Crippen molar-refractivity contribution in [2.24, 2.45) is 0 Å². The minimum absolute atomic E-state index is 0.0132. The maximum atomic E-state index is 12.8. The van der Waals surface area contributed by atoms with Gasteiger partial charge in [-0.05, 0) is 44.0 Å². The van der Waals surface area contributed by atoms with E-state index in [0.29, 0.717) is 13.1 Å². The van der Waals surface area contributed by atoms with E-state index in [1.54, 1.807) is 0 Å². The summed E-state index contributed by atoms with van der Waals surface area (Å²) in [6.45, 7) is 5.68. The first-order valence-corrected chi connectivity index (χ1v) is 12.2. The molecule has 1 saturated carbocycles. The third-order valence-corrected chi connectivity index (χ3v) is 8.83. The van der Waals surface area contributed by atoms with Crippen LogP contribution in [0.5, 0.6) is 0 Å². The fourth-order valence-corrected chi connectivity index (χ4v) is 6.41. The van der Waals surface area contributed by atoms with Crippen LogP contribution in [0.2, 0.25) is 0 Å². The Balaban J connectivity index is 1.72. The minimum Gasteiger partial charge on any atom is -0.333 e. The lowest BCUT2D eigenvalue weighted by Crippen LogP contribution is -3.14. The molecule has 0 unspecified atom stereocenters. The molecule has 2 aliphatic rings. The predicted octanol–water partition coefficient (Wildman–Crippen LogP) is -0.183. The van der Waals surface area contributed by atoms with Crippen LogP contribution in [0.1, 0.15) is 32.6 Å². The highest BCUT2D eigenvalue weighted by molar-refractivity contribution is 7.89. The molecule has 0 radical (unpaired) electrons. The third-order valence-electron chi connectivity index (χ3n) is 5.38. The van der Waals surface area contributed by atoms with Crippen LogP contribution < -0.4 is 9.62 Å². The zero-order valence-corrected chi connectivity index (χ0v) is 16.8. The first-order chi connectivity index (χ1) is 12.3. The molecular formula is C17H28N3O4S2+. The van der Waals surface area contributed by atoms with Gasteiger partial charge in [-0.1, -0.05) is 12.8 Å². The van der Waals surface area contributed by atoms with Crippen molar-refractivity contribution in [2.45, 2.75) is 48.4 Å². The first-order valence-electron chi connectivity index (χ1n) is 9.29. The van der Waals surface area contributed by atoms with Gasteiger partial charge in [0.05, 0.1) is 42.5 Å². The second kappa shape index (κ2) is 7.93. The summed E-state index contributed by atoms with van der Waals surface area (Å²) in [5.41, 5.74) is 0. The average molecular weight is 403 g/mol. The van der Waals surface area contributed by atoms with Gasteiger partial charge in [-0.2, -0.15) is 4.31 Å². The van der Waals surface area contributed by atoms with Crippen molar-refractivity contribution < 1.29 is 21.7 Å². The highest BCUT2D eigenvalue weighted by Gasteiger charge is 2.30. The third kappa shape index (κ3) is 4.28. The predicted molar refractivity (Wildman–Crippen MR) is 99.0 cm³/mol. The fourth-order valence-electron chi connectivity index (χ4n) is 3.67. The number of hydrogen-bond donors (Lipinski definition) is 2. The summed E-state index contributed by atoms with van der Waals surface area (Å²) in [5.74, 6) is 0. The van der Waals surface area contributed by atoms with Gasteiger partial charge in [0, 0.05) is 6.04 Å². The summed E-state index contributed by atoms with van der Waals surface area (Å²) in [6.07, 6.45) is 3.80. The molecule has 1 aromatic carbocycles. The highest BCUT2D eigenvalue weighted by atomic mass is 32.2. The number of nitrogens with one attached hydrogen (secondary N) is 2. The van der Waals surface area contributed by atoms with Crippen LogP contribution >= 0.6 is 0 Å². The average Bonchev–Trinajstić information content (AvgIpc) is 3.14. The molecule has 146 valence electrons. The van der Waals surface area contributed by atoms with E-state index in [4.69, 9.17) is 0 Å². The molecule has 2 fully saturated rings. The van der Waals surface area contributed by atoms with Crippen molar-refractivity contribution in [3.05, 3.63) is 24.3 Å². The Morgan fingerprint density at radius 3 is 2.08 bits per heavy atom.